The van der Waals surface area contributed by atoms with Gasteiger partial charge in [-0.15, -0.1) is 0 Å². The Morgan fingerprint density at radius 3 is 0.974 bits per heavy atom. The summed E-state index contributed by atoms with van der Waals surface area (Å²) in [6.45, 7) is 3.62. The van der Waals surface area contributed by atoms with Gasteiger partial charge in [-0.2, -0.15) is 0 Å². The van der Waals surface area contributed by atoms with Gasteiger partial charge in [0.05, 0.1) is 0 Å². The van der Waals surface area contributed by atoms with E-state index in [2.05, 4.69) is 9.30 Å². The van der Waals surface area contributed by atoms with E-state index in [4.69, 9.17) is 9.47 Å². The summed E-state index contributed by atoms with van der Waals surface area (Å²) in [4.78, 5) is 0. The first-order valence-electron chi connectivity index (χ1n) is 12.1. The second-order valence-corrected chi connectivity index (χ2v) is 9.47. The maximum absolute atomic E-state index is 12.6. The molecule has 6 heteroatoms. The Morgan fingerprint density at radius 2 is 0.763 bits per heavy atom. The van der Waals surface area contributed by atoms with E-state index in [1.54, 1.807) is 0 Å². The summed E-state index contributed by atoms with van der Waals surface area (Å²) in [5, 5.41) is 25.2. The molecule has 1 fully saturated rings. The number of rotatable bonds is 6. The van der Waals surface area contributed by atoms with Gasteiger partial charge in [0.2, 0.25) is 0 Å². The van der Waals surface area contributed by atoms with Crippen molar-refractivity contribution < 1.29 is 39.1 Å². The molecule has 0 unspecified atom stereocenters. The van der Waals surface area contributed by atoms with Gasteiger partial charge in [-0.25, -0.2) is 0 Å². The van der Waals surface area contributed by atoms with E-state index in [-0.39, 0.29) is 7.43 Å². The number of halogens is 1. The zero-order chi connectivity index (χ0) is 26.5. The van der Waals surface area contributed by atoms with Crippen LogP contribution in [0.4, 0.5) is 0 Å². The second-order valence-electron chi connectivity index (χ2n) is 9.47. The monoisotopic (exact) mass is 564 g/mol. The van der Waals surface area contributed by atoms with Gasteiger partial charge in [0.1, 0.15) is 23.4 Å². The fraction of sp³-hybridized carbons (Fsp3) is 0.219. The molecular weight excluding hydrogens is 532 g/mol. The van der Waals surface area contributed by atoms with Crippen LogP contribution in [0.25, 0.3) is 0 Å². The van der Waals surface area contributed by atoms with Crippen molar-refractivity contribution in [2.75, 3.05) is 0 Å². The minimum absolute atomic E-state index is 0. The van der Waals surface area contributed by atoms with E-state index in [1.807, 2.05) is 135 Å². The molecule has 38 heavy (non-hydrogen) atoms. The molecule has 196 valence electrons. The van der Waals surface area contributed by atoms with Gasteiger partial charge < -0.3 is 27.1 Å². The summed E-state index contributed by atoms with van der Waals surface area (Å²) in [5.74, 6) is -1.05. The Kier molecular flexibility index (Phi) is 10.1. The summed E-state index contributed by atoms with van der Waals surface area (Å²) >= 11 is 1.47. The number of ether oxygens (including phenoxy) is 2. The Bertz CT molecular complexity index is 1080. The summed E-state index contributed by atoms with van der Waals surface area (Å²) < 4.78 is 13.0. The molecule has 1 saturated heterocycles. The second kappa shape index (κ2) is 12.7. The first kappa shape index (κ1) is 30.3. The summed E-state index contributed by atoms with van der Waals surface area (Å²) in [6.07, 6.45) is -1.87. The van der Waals surface area contributed by atoms with Crippen LogP contribution in [-0.4, -0.2) is 28.2 Å². The van der Waals surface area contributed by atoms with Crippen molar-refractivity contribution in [2.45, 2.75) is 43.0 Å². The van der Waals surface area contributed by atoms with E-state index in [0.29, 0.717) is 22.3 Å². The predicted molar refractivity (Wildman–Crippen MR) is 148 cm³/mol. The molecular formula is C32H33ClO4Ti. The summed E-state index contributed by atoms with van der Waals surface area (Å²) in [6, 6.07) is 37.8. The van der Waals surface area contributed by atoms with E-state index in [0.717, 1.165) is 0 Å². The van der Waals surface area contributed by atoms with Crippen LogP contribution < -0.4 is 0 Å². The van der Waals surface area contributed by atoms with E-state index in [9.17, 15) is 10.2 Å². The molecule has 0 aromatic heterocycles. The van der Waals surface area contributed by atoms with Crippen LogP contribution in [-0.2, 0) is 40.1 Å². The van der Waals surface area contributed by atoms with E-state index in [1.165, 1.54) is 19.4 Å². The fourth-order valence-corrected chi connectivity index (χ4v) is 5.13. The third-order valence-corrected chi connectivity index (χ3v) is 6.78. The Balaban J connectivity index is 0.00000130. The molecule has 0 bridgehead atoms. The van der Waals surface area contributed by atoms with Crippen molar-refractivity contribution in [1.29, 1.82) is 0 Å². The van der Waals surface area contributed by atoms with Crippen molar-refractivity contribution >= 4 is 9.30 Å². The van der Waals surface area contributed by atoms with Gasteiger partial charge in [-0.05, 0) is 36.1 Å². The van der Waals surface area contributed by atoms with Gasteiger partial charge in [0.15, 0.2) is 5.79 Å². The molecule has 1 aliphatic heterocycles. The molecule has 2 atom stereocenters. The fourth-order valence-electron chi connectivity index (χ4n) is 5.13. The molecule has 0 radical (unpaired) electrons. The molecule has 0 spiro atoms. The molecule has 0 saturated carbocycles. The van der Waals surface area contributed by atoms with Gasteiger partial charge in [0, 0.05) is 0 Å². The SMILES string of the molecule is CC1(C)O[C@@H](C(O)(c2ccccc2)c2ccccc2)[C@H](C(O)(c2ccccc2)c2ccccc2)O1.[CH3-].[Cl][Ti+]. The summed E-state index contributed by atoms with van der Waals surface area (Å²) in [5.41, 5.74) is -0.564. The number of hydrogen-bond donors (Lipinski definition) is 2. The quantitative estimate of drug-likeness (QED) is 0.207. The molecule has 1 aliphatic rings. The normalized spacial score (nSPS) is 18.5. The van der Waals surface area contributed by atoms with Crippen LogP contribution in [0, 0.1) is 7.43 Å². The minimum atomic E-state index is -1.60. The van der Waals surface area contributed by atoms with Crippen molar-refractivity contribution in [3.63, 3.8) is 0 Å². The van der Waals surface area contributed by atoms with Gasteiger partial charge in [-0.1, -0.05) is 121 Å². The Hall–Kier alpha value is -2.28. The van der Waals surface area contributed by atoms with Crippen LogP contribution in [0.2, 0.25) is 0 Å². The van der Waals surface area contributed by atoms with E-state index < -0.39 is 29.2 Å². The first-order chi connectivity index (χ1) is 17.9. The average Bonchev–Trinajstić information content (AvgIpc) is 3.31. The average molecular weight is 565 g/mol. The number of hydrogen-bond acceptors (Lipinski definition) is 4. The molecule has 0 amide bonds. The van der Waals surface area contributed by atoms with Crippen molar-refractivity contribution in [2.24, 2.45) is 0 Å². The Morgan fingerprint density at radius 1 is 0.553 bits per heavy atom. The topological polar surface area (TPSA) is 58.9 Å². The zero-order valence-electron chi connectivity index (χ0n) is 21.8. The molecule has 4 aromatic rings. The zero-order valence-corrected chi connectivity index (χ0v) is 24.1. The van der Waals surface area contributed by atoms with Crippen LogP contribution >= 0.6 is 9.30 Å². The first-order valence-corrected chi connectivity index (χ1v) is 14.2. The van der Waals surface area contributed by atoms with Gasteiger partial charge >= 0.3 is 28.7 Å². The van der Waals surface area contributed by atoms with Crippen LogP contribution in [0.5, 0.6) is 0 Å². The third-order valence-electron chi connectivity index (χ3n) is 6.78. The van der Waals surface area contributed by atoms with Gasteiger partial charge in [0.25, 0.3) is 0 Å². The molecule has 4 aromatic carbocycles. The van der Waals surface area contributed by atoms with Crippen LogP contribution in [0.1, 0.15) is 36.1 Å². The summed E-state index contributed by atoms with van der Waals surface area (Å²) in [7, 11) is 4.64. The van der Waals surface area contributed by atoms with Crippen molar-refractivity contribution in [3.05, 3.63) is 151 Å². The van der Waals surface area contributed by atoms with Crippen LogP contribution in [0.15, 0.2) is 121 Å². The maximum atomic E-state index is 12.6. The van der Waals surface area contributed by atoms with Crippen molar-refractivity contribution in [3.8, 4) is 0 Å². The predicted octanol–water partition coefficient (Wildman–Crippen LogP) is 6.52. The molecule has 1 heterocycles. The molecule has 0 aliphatic carbocycles. The van der Waals surface area contributed by atoms with Crippen LogP contribution in [0.3, 0.4) is 0 Å². The molecule has 2 N–H and O–H groups in total. The standard InChI is InChI=1S/C31H30O4.CH3.ClH.Ti/c1-29(2)34-27(30(32,23-15-7-3-8-16-23)24-17-9-4-10-18-24)28(35-29)31(33,25-19-11-5-12-20-25)26-21-13-6-14-22-26;;;/h3-22,27-28,32-33H,1-2H3;1H3;1H;/q;-1;;+2/p-1/t27-,28-;;;/m1.../s1. The molecule has 4 nitrogen and oxygen atoms in total. The number of aliphatic hydroxyl groups is 2. The molecule has 5 rings (SSSR count). The van der Waals surface area contributed by atoms with Gasteiger partial charge in [-0.3, -0.25) is 0 Å². The Labute approximate surface area is 241 Å². The van der Waals surface area contributed by atoms with E-state index >= 15 is 0 Å². The number of benzene rings is 4. The third kappa shape index (κ3) is 5.68. The van der Waals surface area contributed by atoms with Crippen molar-refractivity contribution in [1.82, 2.24) is 0 Å².